The fourth-order valence-electron chi connectivity index (χ4n) is 2.44. The van der Waals surface area contributed by atoms with E-state index in [2.05, 4.69) is 21.2 Å². The molecule has 1 fully saturated rings. The zero-order valence-electron chi connectivity index (χ0n) is 12.1. The Labute approximate surface area is 133 Å². The van der Waals surface area contributed by atoms with Crippen molar-refractivity contribution < 1.29 is 13.2 Å². The van der Waals surface area contributed by atoms with Gasteiger partial charge in [0.1, 0.15) is 0 Å². The Bertz CT molecular complexity index is 646. The number of carbonyl (C=O) groups is 1. The number of amides is 1. The minimum absolute atomic E-state index is 0.0632. The minimum Gasteiger partial charge on any atom is -0.325 e. The van der Waals surface area contributed by atoms with Crippen LogP contribution in [-0.2, 0) is 14.6 Å². The lowest BCUT2D eigenvalue weighted by molar-refractivity contribution is -0.117. The SMILES string of the molecule is Cc1cc(Br)ccc1NC(=O)CN(C)C1CCS(=O)(=O)C1. The second kappa shape index (κ2) is 6.46. The Balaban J connectivity index is 1.92. The summed E-state index contributed by atoms with van der Waals surface area (Å²) < 4.78 is 23.9. The van der Waals surface area contributed by atoms with Gasteiger partial charge in [0.2, 0.25) is 5.91 Å². The maximum absolute atomic E-state index is 12.1. The summed E-state index contributed by atoms with van der Waals surface area (Å²) in [5, 5.41) is 2.86. The summed E-state index contributed by atoms with van der Waals surface area (Å²) in [6, 6.07) is 5.59. The molecule has 5 nitrogen and oxygen atoms in total. The standard InChI is InChI=1S/C14H19BrN2O3S/c1-10-7-11(15)3-4-13(10)16-14(18)8-17(2)12-5-6-21(19,20)9-12/h3-4,7,12H,5-6,8-9H2,1-2H3,(H,16,18). The Morgan fingerprint density at radius 3 is 2.76 bits per heavy atom. The number of aryl methyl sites for hydroxylation is 1. The summed E-state index contributed by atoms with van der Waals surface area (Å²) in [5.41, 5.74) is 1.75. The molecular weight excluding hydrogens is 356 g/mol. The van der Waals surface area contributed by atoms with Crippen LogP contribution in [0.25, 0.3) is 0 Å². The van der Waals surface area contributed by atoms with Crippen molar-refractivity contribution in [3.63, 3.8) is 0 Å². The van der Waals surface area contributed by atoms with E-state index in [-0.39, 0.29) is 30.0 Å². The lowest BCUT2D eigenvalue weighted by atomic mass is 10.2. The zero-order valence-corrected chi connectivity index (χ0v) is 14.5. The van der Waals surface area contributed by atoms with Gasteiger partial charge in [-0.3, -0.25) is 9.69 Å². The third kappa shape index (κ3) is 4.52. The van der Waals surface area contributed by atoms with E-state index in [1.54, 1.807) is 7.05 Å². The first-order valence-corrected chi connectivity index (χ1v) is 9.35. The molecule has 1 saturated heterocycles. The fraction of sp³-hybridized carbons (Fsp3) is 0.500. The third-order valence-electron chi connectivity index (χ3n) is 3.69. The van der Waals surface area contributed by atoms with E-state index in [0.717, 1.165) is 15.7 Å². The number of sulfone groups is 1. The molecule has 0 spiro atoms. The molecule has 0 aliphatic carbocycles. The Morgan fingerprint density at radius 2 is 2.19 bits per heavy atom. The van der Waals surface area contributed by atoms with Gasteiger partial charge in [0.05, 0.1) is 18.1 Å². The molecule has 0 bridgehead atoms. The van der Waals surface area contributed by atoms with Gasteiger partial charge >= 0.3 is 0 Å². The fourth-order valence-corrected chi connectivity index (χ4v) is 4.72. The molecule has 0 radical (unpaired) electrons. The molecule has 1 aromatic carbocycles. The number of rotatable bonds is 4. The van der Waals surface area contributed by atoms with Crippen molar-refractivity contribution in [2.24, 2.45) is 0 Å². The maximum atomic E-state index is 12.1. The number of nitrogens with zero attached hydrogens (tertiary/aromatic N) is 1. The summed E-state index contributed by atoms with van der Waals surface area (Å²) in [4.78, 5) is 13.9. The van der Waals surface area contributed by atoms with Crippen LogP contribution in [-0.4, -0.2) is 50.4 Å². The number of hydrogen-bond acceptors (Lipinski definition) is 4. The molecule has 1 aliphatic rings. The van der Waals surface area contributed by atoms with E-state index in [1.807, 2.05) is 30.0 Å². The van der Waals surface area contributed by atoms with Gasteiger partial charge in [0, 0.05) is 16.2 Å². The molecule has 21 heavy (non-hydrogen) atoms. The van der Waals surface area contributed by atoms with E-state index in [0.29, 0.717) is 6.42 Å². The monoisotopic (exact) mass is 374 g/mol. The Hall–Kier alpha value is -0.920. The van der Waals surface area contributed by atoms with Crippen LogP contribution >= 0.6 is 15.9 Å². The van der Waals surface area contributed by atoms with Gasteiger partial charge in [0.25, 0.3) is 0 Å². The van der Waals surface area contributed by atoms with Gasteiger partial charge in [-0.25, -0.2) is 8.42 Å². The summed E-state index contributed by atoms with van der Waals surface area (Å²) in [5.74, 6) is 0.232. The van der Waals surface area contributed by atoms with Gasteiger partial charge in [-0.2, -0.15) is 0 Å². The Kier molecular flexibility index (Phi) is 5.06. The lowest BCUT2D eigenvalue weighted by Gasteiger charge is -2.22. The molecular formula is C14H19BrN2O3S. The second-order valence-electron chi connectivity index (χ2n) is 5.48. The molecule has 116 valence electrons. The van der Waals surface area contributed by atoms with Crippen molar-refractivity contribution in [3.05, 3.63) is 28.2 Å². The predicted molar refractivity (Wildman–Crippen MR) is 87.2 cm³/mol. The van der Waals surface area contributed by atoms with Crippen LogP contribution in [0.2, 0.25) is 0 Å². The van der Waals surface area contributed by atoms with E-state index in [4.69, 9.17) is 0 Å². The molecule has 1 amide bonds. The number of hydrogen-bond donors (Lipinski definition) is 1. The van der Waals surface area contributed by atoms with Crippen molar-refractivity contribution in [1.29, 1.82) is 0 Å². The van der Waals surface area contributed by atoms with Crippen LogP contribution in [0.5, 0.6) is 0 Å². The number of carbonyl (C=O) groups excluding carboxylic acids is 1. The quantitative estimate of drug-likeness (QED) is 0.872. The summed E-state index contributed by atoms with van der Waals surface area (Å²) in [6.45, 7) is 2.11. The van der Waals surface area contributed by atoms with Crippen LogP contribution in [0.3, 0.4) is 0 Å². The lowest BCUT2D eigenvalue weighted by Crippen LogP contribution is -2.38. The van der Waals surface area contributed by atoms with Crippen LogP contribution in [0.4, 0.5) is 5.69 Å². The second-order valence-corrected chi connectivity index (χ2v) is 8.62. The predicted octanol–water partition coefficient (Wildman–Crippen LogP) is 1.81. The largest absolute Gasteiger partial charge is 0.325 e. The molecule has 1 aromatic rings. The number of benzene rings is 1. The van der Waals surface area contributed by atoms with Gasteiger partial charge < -0.3 is 5.32 Å². The van der Waals surface area contributed by atoms with Crippen molar-refractivity contribution in [3.8, 4) is 0 Å². The van der Waals surface area contributed by atoms with Crippen molar-refractivity contribution >= 4 is 37.4 Å². The van der Waals surface area contributed by atoms with Crippen molar-refractivity contribution in [2.45, 2.75) is 19.4 Å². The molecule has 7 heteroatoms. The van der Waals surface area contributed by atoms with Crippen LogP contribution in [0.1, 0.15) is 12.0 Å². The highest BCUT2D eigenvalue weighted by Gasteiger charge is 2.31. The average molecular weight is 375 g/mol. The summed E-state index contributed by atoms with van der Waals surface area (Å²) in [7, 11) is -1.13. The number of anilines is 1. The first kappa shape index (κ1) is 16.5. The van der Waals surface area contributed by atoms with Gasteiger partial charge in [0.15, 0.2) is 9.84 Å². The average Bonchev–Trinajstić information content (AvgIpc) is 2.73. The van der Waals surface area contributed by atoms with E-state index in [1.165, 1.54) is 0 Å². The number of likely N-dealkylation sites (N-methyl/N-ethyl adjacent to an activating group) is 1. The first-order valence-electron chi connectivity index (χ1n) is 6.73. The van der Waals surface area contributed by atoms with Crippen LogP contribution < -0.4 is 5.32 Å². The molecule has 1 aliphatic heterocycles. The maximum Gasteiger partial charge on any atom is 0.238 e. The molecule has 2 rings (SSSR count). The minimum atomic E-state index is -2.93. The van der Waals surface area contributed by atoms with E-state index < -0.39 is 9.84 Å². The zero-order chi connectivity index (χ0) is 15.6. The first-order chi connectivity index (χ1) is 9.77. The molecule has 0 saturated carbocycles. The highest BCUT2D eigenvalue weighted by atomic mass is 79.9. The van der Waals surface area contributed by atoms with E-state index >= 15 is 0 Å². The molecule has 1 atom stereocenters. The van der Waals surface area contributed by atoms with Crippen LogP contribution in [0, 0.1) is 6.92 Å². The molecule has 1 N–H and O–H groups in total. The van der Waals surface area contributed by atoms with Gasteiger partial charge in [-0.05, 0) is 44.2 Å². The summed E-state index contributed by atoms with van der Waals surface area (Å²) >= 11 is 3.38. The number of halogens is 1. The third-order valence-corrected chi connectivity index (χ3v) is 5.93. The summed E-state index contributed by atoms with van der Waals surface area (Å²) in [6.07, 6.45) is 0.601. The normalized spacial score (nSPS) is 20.7. The van der Waals surface area contributed by atoms with Crippen molar-refractivity contribution in [1.82, 2.24) is 4.90 Å². The van der Waals surface area contributed by atoms with Crippen molar-refractivity contribution in [2.75, 3.05) is 30.4 Å². The number of nitrogens with one attached hydrogen (secondary N) is 1. The van der Waals surface area contributed by atoms with Gasteiger partial charge in [-0.1, -0.05) is 15.9 Å². The smallest absolute Gasteiger partial charge is 0.238 e. The molecule has 1 unspecified atom stereocenters. The molecule has 1 heterocycles. The highest BCUT2D eigenvalue weighted by molar-refractivity contribution is 9.10. The highest BCUT2D eigenvalue weighted by Crippen LogP contribution is 2.20. The Morgan fingerprint density at radius 1 is 1.48 bits per heavy atom. The molecule has 0 aromatic heterocycles. The van der Waals surface area contributed by atoms with Gasteiger partial charge in [-0.15, -0.1) is 0 Å². The van der Waals surface area contributed by atoms with E-state index in [9.17, 15) is 13.2 Å². The topological polar surface area (TPSA) is 66.5 Å². The van der Waals surface area contributed by atoms with Crippen LogP contribution in [0.15, 0.2) is 22.7 Å².